The third-order valence-electron chi connectivity index (χ3n) is 4.15. The lowest BCUT2D eigenvalue weighted by atomic mass is 9.93. The highest BCUT2D eigenvalue weighted by molar-refractivity contribution is 5.84. The Kier molecular flexibility index (Phi) is 5.10. The van der Waals surface area contributed by atoms with E-state index in [1.165, 1.54) is 0 Å². The third kappa shape index (κ3) is 3.91. The van der Waals surface area contributed by atoms with Gasteiger partial charge in [0.1, 0.15) is 11.6 Å². The molecule has 0 radical (unpaired) electrons. The Morgan fingerprint density at radius 2 is 2.21 bits per heavy atom. The van der Waals surface area contributed by atoms with Crippen LogP contribution in [0.3, 0.4) is 0 Å². The number of fused-ring (bicyclic) bond motifs is 1. The van der Waals surface area contributed by atoms with Crippen LogP contribution in [-0.2, 0) is 20.7 Å². The molecule has 1 aliphatic rings. The molecule has 1 saturated heterocycles. The number of aryl methyl sites for hydroxylation is 1. The average molecular weight is 332 g/mol. The summed E-state index contributed by atoms with van der Waals surface area (Å²) in [5, 5.41) is 12.0. The monoisotopic (exact) mass is 332 g/mol. The van der Waals surface area contributed by atoms with E-state index in [9.17, 15) is 14.7 Å². The minimum absolute atomic E-state index is 0.129. The van der Waals surface area contributed by atoms with Gasteiger partial charge in [0.15, 0.2) is 11.5 Å². The number of rotatable bonds is 6. The molecule has 1 aromatic heterocycles. The smallest absolute Gasteiger partial charge is 0.326 e. The summed E-state index contributed by atoms with van der Waals surface area (Å²) in [7, 11) is 0. The minimum Gasteiger partial charge on any atom is -0.480 e. The lowest BCUT2D eigenvalue weighted by Gasteiger charge is -2.28. The summed E-state index contributed by atoms with van der Waals surface area (Å²) in [4.78, 5) is 27.8. The molecule has 1 amide bonds. The number of aromatic nitrogens is 1. The van der Waals surface area contributed by atoms with Gasteiger partial charge < -0.3 is 19.6 Å². The molecule has 2 aromatic rings. The van der Waals surface area contributed by atoms with Crippen LogP contribution in [0, 0.1) is 5.92 Å². The minimum atomic E-state index is -1.03. The number of hydrogen-bond donors (Lipinski definition) is 2. The maximum absolute atomic E-state index is 12.1. The number of amides is 1. The topological polar surface area (TPSA) is 102 Å². The molecule has 2 atom stereocenters. The molecule has 2 unspecified atom stereocenters. The highest BCUT2D eigenvalue weighted by Gasteiger charge is 2.31. The molecule has 0 spiro atoms. The normalized spacial score (nSPS) is 19.1. The molecular formula is C17H20N2O5. The molecule has 24 heavy (non-hydrogen) atoms. The molecule has 7 heteroatoms. The number of carbonyl (C=O) groups is 2. The van der Waals surface area contributed by atoms with Crippen molar-refractivity contribution >= 4 is 23.0 Å². The van der Waals surface area contributed by atoms with Crippen LogP contribution in [0.25, 0.3) is 11.1 Å². The first kappa shape index (κ1) is 16.4. The second-order valence-corrected chi connectivity index (χ2v) is 5.94. The van der Waals surface area contributed by atoms with Gasteiger partial charge in [-0.2, -0.15) is 0 Å². The molecule has 1 aliphatic heterocycles. The fourth-order valence-electron chi connectivity index (χ4n) is 2.90. The fraction of sp³-hybridized carbons (Fsp3) is 0.471. The van der Waals surface area contributed by atoms with Crippen molar-refractivity contribution in [2.75, 3.05) is 13.2 Å². The zero-order valence-corrected chi connectivity index (χ0v) is 13.2. The Labute approximate surface area is 139 Å². The number of carboxylic acids is 1. The van der Waals surface area contributed by atoms with E-state index in [0.717, 1.165) is 18.4 Å². The highest BCUT2D eigenvalue weighted by Crippen LogP contribution is 2.19. The van der Waals surface area contributed by atoms with Crippen molar-refractivity contribution in [3.05, 3.63) is 30.2 Å². The van der Waals surface area contributed by atoms with Gasteiger partial charge in [-0.3, -0.25) is 4.79 Å². The summed E-state index contributed by atoms with van der Waals surface area (Å²) in [6.45, 7) is 1.01. The van der Waals surface area contributed by atoms with Gasteiger partial charge in [0.25, 0.3) is 0 Å². The Bertz CT molecular complexity index is 688. The number of aliphatic carboxylic acids is 1. The zero-order valence-electron chi connectivity index (χ0n) is 13.2. The number of benzene rings is 1. The summed E-state index contributed by atoms with van der Waals surface area (Å²) >= 11 is 0. The van der Waals surface area contributed by atoms with Crippen molar-refractivity contribution in [1.29, 1.82) is 0 Å². The van der Waals surface area contributed by atoms with Gasteiger partial charge in [-0.05, 0) is 25.0 Å². The van der Waals surface area contributed by atoms with E-state index in [-0.39, 0.29) is 18.2 Å². The molecule has 0 saturated carbocycles. The third-order valence-corrected chi connectivity index (χ3v) is 4.15. The molecule has 128 valence electrons. The van der Waals surface area contributed by atoms with E-state index in [2.05, 4.69) is 10.3 Å². The lowest BCUT2D eigenvalue weighted by Crippen LogP contribution is -2.48. The number of nitrogens with zero attached hydrogens (tertiary/aromatic N) is 1. The second kappa shape index (κ2) is 7.44. The lowest BCUT2D eigenvalue weighted by molar-refractivity contribution is -0.145. The van der Waals surface area contributed by atoms with E-state index in [1.54, 1.807) is 0 Å². The van der Waals surface area contributed by atoms with Gasteiger partial charge in [-0.25, -0.2) is 9.78 Å². The standard InChI is InChI=1S/C17H20N2O5/c20-14(19-16(17(21)22)11-4-3-9-23-10-11)7-8-15-18-12-5-1-2-6-13(12)24-15/h1-2,5-6,11,16H,3-4,7-10H2,(H,19,20)(H,21,22). The van der Waals surface area contributed by atoms with E-state index < -0.39 is 12.0 Å². The zero-order chi connectivity index (χ0) is 16.9. The Morgan fingerprint density at radius 3 is 2.92 bits per heavy atom. The van der Waals surface area contributed by atoms with Crippen LogP contribution in [0.5, 0.6) is 0 Å². The predicted octanol–water partition coefficient (Wildman–Crippen LogP) is 1.76. The van der Waals surface area contributed by atoms with Gasteiger partial charge in [0.05, 0.1) is 6.61 Å². The number of carbonyl (C=O) groups excluding carboxylic acids is 1. The first-order valence-electron chi connectivity index (χ1n) is 8.08. The van der Waals surface area contributed by atoms with E-state index in [0.29, 0.717) is 31.1 Å². The number of para-hydroxylation sites is 2. The molecule has 1 fully saturated rings. The molecule has 1 aromatic carbocycles. The van der Waals surface area contributed by atoms with Gasteiger partial charge in [0, 0.05) is 25.4 Å². The number of oxazole rings is 1. The van der Waals surface area contributed by atoms with Crippen molar-refractivity contribution in [3.8, 4) is 0 Å². The van der Waals surface area contributed by atoms with E-state index in [4.69, 9.17) is 9.15 Å². The van der Waals surface area contributed by atoms with Crippen LogP contribution in [0.4, 0.5) is 0 Å². The quantitative estimate of drug-likeness (QED) is 0.836. The van der Waals surface area contributed by atoms with E-state index >= 15 is 0 Å². The maximum atomic E-state index is 12.1. The fourth-order valence-corrected chi connectivity index (χ4v) is 2.90. The first-order chi connectivity index (χ1) is 11.6. The Morgan fingerprint density at radius 1 is 1.38 bits per heavy atom. The first-order valence-corrected chi connectivity index (χ1v) is 8.08. The molecule has 2 heterocycles. The number of ether oxygens (including phenoxy) is 1. The number of carboxylic acid groups (broad SMARTS) is 1. The van der Waals surface area contributed by atoms with Crippen molar-refractivity contribution < 1.29 is 23.8 Å². The maximum Gasteiger partial charge on any atom is 0.326 e. The van der Waals surface area contributed by atoms with Crippen molar-refractivity contribution in [1.82, 2.24) is 10.3 Å². The van der Waals surface area contributed by atoms with Gasteiger partial charge >= 0.3 is 5.97 Å². The van der Waals surface area contributed by atoms with Crippen LogP contribution in [0.2, 0.25) is 0 Å². The summed E-state index contributed by atoms with van der Waals surface area (Å²) in [6.07, 6.45) is 2.01. The summed E-state index contributed by atoms with van der Waals surface area (Å²) in [6, 6.07) is 6.46. The SMILES string of the molecule is O=C(CCc1nc2ccccc2o1)NC(C(=O)O)C1CCCOC1. The van der Waals surface area contributed by atoms with Crippen molar-refractivity contribution in [2.45, 2.75) is 31.7 Å². The molecule has 0 bridgehead atoms. The Balaban J connectivity index is 1.56. The largest absolute Gasteiger partial charge is 0.480 e. The van der Waals surface area contributed by atoms with Crippen LogP contribution in [0.1, 0.15) is 25.2 Å². The molecular weight excluding hydrogens is 312 g/mol. The van der Waals surface area contributed by atoms with Crippen molar-refractivity contribution in [2.24, 2.45) is 5.92 Å². The molecule has 7 nitrogen and oxygen atoms in total. The highest BCUT2D eigenvalue weighted by atomic mass is 16.5. The van der Waals surface area contributed by atoms with Crippen LogP contribution < -0.4 is 5.32 Å². The number of hydrogen-bond acceptors (Lipinski definition) is 5. The molecule has 2 N–H and O–H groups in total. The van der Waals surface area contributed by atoms with Gasteiger partial charge in [0.2, 0.25) is 5.91 Å². The van der Waals surface area contributed by atoms with Crippen LogP contribution >= 0.6 is 0 Å². The predicted molar refractivity (Wildman–Crippen MR) is 85.4 cm³/mol. The summed E-state index contributed by atoms with van der Waals surface area (Å²) in [5.41, 5.74) is 1.42. The number of nitrogens with one attached hydrogen (secondary N) is 1. The molecule has 3 rings (SSSR count). The van der Waals surface area contributed by atoms with Gasteiger partial charge in [-0.15, -0.1) is 0 Å². The van der Waals surface area contributed by atoms with E-state index in [1.807, 2.05) is 24.3 Å². The van der Waals surface area contributed by atoms with Crippen LogP contribution in [0.15, 0.2) is 28.7 Å². The van der Waals surface area contributed by atoms with Crippen LogP contribution in [-0.4, -0.2) is 41.2 Å². The van der Waals surface area contributed by atoms with Crippen molar-refractivity contribution in [3.63, 3.8) is 0 Å². The second-order valence-electron chi connectivity index (χ2n) is 5.94. The summed E-state index contributed by atoms with van der Waals surface area (Å²) in [5.74, 6) is -1.07. The average Bonchev–Trinajstić information content (AvgIpc) is 3.01. The summed E-state index contributed by atoms with van der Waals surface area (Å²) < 4.78 is 10.9. The Hall–Kier alpha value is -2.41. The van der Waals surface area contributed by atoms with Gasteiger partial charge in [-0.1, -0.05) is 12.1 Å². The molecule has 0 aliphatic carbocycles.